The standard InChI is InChI=1S/C13H19N3O4/c1-8(2)9-6-10(20-15-9)11(17)16-4-5-19-13(3,7-16)12(14)18/h6,8H,4-5,7H2,1-3H3,(H2,14,18)/t13-/m0/s1. The molecule has 0 aromatic carbocycles. The number of primary amides is 1. The van der Waals surface area contributed by atoms with Gasteiger partial charge in [-0.05, 0) is 12.8 Å². The number of hydrogen-bond acceptors (Lipinski definition) is 5. The fourth-order valence-corrected chi connectivity index (χ4v) is 2.01. The number of nitrogens with two attached hydrogens (primary N) is 1. The van der Waals surface area contributed by atoms with Crippen LogP contribution in [0.4, 0.5) is 0 Å². The molecule has 1 aliphatic heterocycles. The molecule has 1 fully saturated rings. The number of nitrogens with zero attached hydrogens (tertiary/aromatic N) is 2. The van der Waals surface area contributed by atoms with E-state index in [0.29, 0.717) is 6.54 Å². The van der Waals surface area contributed by atoms with Gasteiger partial charge in [0.2, 0.25) is 5.76 Å². The minimum Gasteiger partial charge on any atom is -0.367 e. The minimum absolute atomic E-state index is 0.110. The number of carbonyl (C=O) groups excluding carboxylic acids is 2. The SMILES string of the molecule is CC(C)c1cc(C(=O)N2CCO[C@](C)(C(N)=O)C2)on1. The molecule has 20 heavy (non-hydrogen) atoms. The van der Waals surface area contributed by atoms with Crippen molar-refractivity contribution in [2.24, 2.45) is 5.73 Å². The summed E-state index contributed by atoms with van der Waals surface area (Å²) in [5, 5.41) is 3.86. The van der Waals surface area contributed by atoms with E-state index < -0.39 is 11.5 Å². The summed E-state index contributed by atoms with van der Waals surface area (Å²) in [5.74, 6) is -0.543. The predicted octanol–water partition coefficient (Wildman–Crippen LogP) is 0.514. The van der Waals surface area contributed by atoms with Crippen molar-refractivity contribution in [2.75, 3.05) is 19.7 Å². The fraction of sp³-hybridized carbons (Fsp3) is 0.615. The van der Waals surface area contributed by atoms with E-state index >= 15 is 0 Å². The molecule has 0 bridgehead atoms. The first kappa shape index (κ1) is 14.5. The smallest absolute Gasteiger partial charge is 0.292 e. The highest BCUT2D eigenvalue weighted by atomic mass is 16.5. The van der Waals surface area contributed by atoms with Crippen LogP contribution in [0.5, 0.6) is 0 Å². The van der Waals surface area contributed by atoms with Gasteiger partial charge in [0.25, 0.3) is 11.8 Å². The van der Waals surface area contributed by atoms with Gasteiger partial charge in [0.1, 0.15) is 0 Å². The van der Waals surface area contributed by atoms with Gasteiger partial charge in [-0.3, -0.25) is 9.59 Å². The number of morpholine rings is 1. The predicted molar refractivity (Wildman–Crippen MR) is 70.0 cm³/mol. The molecule has 0 spiro atoms. The van der Waals surface area contributed by atoms with Crippen molar-refractivity contribution in [1.82, 2.24) is 10.1 Å². The summed E-state index contributed by atoms with van der Waals surface area (Å²) in [6.07, 6.45) is 0. The van der Waals surface area contributed by atoms with Crippen molar-refractivity contribution >= 4 is 11.8 Å². The largest absolute Gasteiger partial charge is 0.367 e. The zero-order chi connectivity index (χ0) is 14.9. The number of amides is 2. The third kappa shape index (κ3) is 2.67. The first-order valence-corrected chi connectivity index (χ1v) is 6.53. The average molecular weight is 281 g/mol. The van der Waals surface area contributed by atoms with Crippen molar-refractivity contribution in [3.8, 4) is 0 Å². The van der Waals surface area contributed by atoms with Crippen LogP contribution >= 0.6 is 0 Å². The molecule has 2 N–H and O–H groups in total. The summed E-state index contributed by atoms with van der Waals surface area (Å²) in [5.41, 5.74) is 4.87. The average Bonchev–Trinajstić information content (AvgIpc) is 2.87. The molecule has 2 heterocycles. The Balaban J connectivity index is 2.14. The van der Waals surface area contributed by atoms with Gasteiger partial charge in [0.05, 0.1) is 18.8 Å². The lowest BCUT2D eigenvalue weighted by Gasteiger charge is -2.37. The summed E-state index contributed by atoms with van der Waals surface area (Å²) < 4.78 is 10.4. The lowest BCUT2D eigenvalue weighted by molar-refractivity contribution is -0.150. The number of hydrogen-bond donors (Lipinski definition) is 1. The summed E-state index contributed by atoms with van der Waals surface area (Å²) in [4.78, 5) is 25.2. The van der Waals surface area contributed by atoms with Gasteiger partial charge in [-0.1, -0.05) is 19.0 Å². The number of rotatable bonds is 3. The minimum atomic E-state index is -1.16. The van der Waals surface area contributed by atoms with Crippen LogP contribution in [0.3, 0.4) is 0 Å². The zero-order valence-electron chi connectivity index (χ0n) is 11.9. The van der Waals surface area contributed by atoms with E-state index in [9.17, 15) is 9.59 Å². The second-order valence-corrected chi connectivity index (χ2v) is 5.44. The van der Waals surface area contributed by atoms with Crippen LogP contribution in [-0.4, -0.2) is 47.2 Å². The van der Waals surface area contributed by atoms with E-state index in [0.717, 1.165) is 5.69 Å². The highest BCUT2D eigenvalue weighted by Crippen LogP contribution is 2.20. The topological polar surface area (TPSA) is 98.7 Å². The third-order valence-corrected chi connectivity index (χ3v) is 3.41. The van der Waals surface area contributed by atoms with Gasteiger partial charge < -0.3 is 19.9 Å². The molecule has 110 valence electrons. The molecule has 0 aliphatic carbocycles. The van der Waals surface area contributed by atoms with Gasteiger partial charge in [-0.2, -0.15) is 0 Å². The maximum atomic E-state index is 12.3. The Labute approximate surface area is 117 Å². The molecule has 1 aromatic rings. The highest BCUT2D eigenvalue weighted by Gasteiger charge is 2.40. The van der Waals surface area contributed by atoms with Crippen molar-refractivity contribution in [1.29, 1.82) is 0 Å². The Morgan fingerprint density at radius 2 is 2.20 bits per heavy atom. The van der Waals surface area contributed by atoms with Crippen LogP contribution in [0.2, 0.25) is 0 Å². The number of carbonyl (C=O) groups is 2. The molecule has 1 saturated heterocycles. The lowest BCUT2D eigenvalue weighted by Crippen LogP contribution is -2.58. The zero-order valence-corrected chi connectivity index (χ0v) is 11.9. The Kier molecular flexibility index (Phi) is 3.80. The Morgan fingerprint density at radius 1 is 1.50 bits per heavy atom. The molecule has 2 rings (SSSR count). The van der Waals surface area contributed by atoms with E-state index in [4.69, 9.17) is 15.0 Å². The highest BCUT2D eigenvalue weighted by molar-refractivity contribution is 5.92. The van der Waals surface area contributed by atoms with Crippen molar-refractivity contribution in [2.45, 2.75) is 32.3 Å². The van der Waals surface area contributed by atoms with Gasteiger partial charge in [0, 0.05) is 12.6 Å². The third-order valence-electron chi connectivity index (χ3n) is 3.41. The second-order valence-electron chi connectivity index (χ2n) is 5.44. The molecule has 0 unspecified atom stereocenters. The first-order chi connectivity index (χ1) is 9.33. The van der Waals surface area contributed by atoms with Gasteiger partial charge in [0.15, 0.2) is 5.60 Å². The van der Waals surface area contributed by atoms with E-state index in [-0.39, 0.29) is 30.7 Å². The number of aromatic nitrogens is 1. The summed E-state index contributed by atoms with van der Waals surface area (Å²) in [6.45, 7) is 6.26. The molecular weight excluding hydrogens is 262 g/mol. The fourth-order valence-electron chi connectivity index (χ4n) is 2.01. The van der Waals surface area contributed by atoms with E-state index in [2.05, 4.69) is 5.16 Å². The van der Waals surface area contributed by atoms with E-state index in [1.165, 1.54) is 4.90 Å². The van der Waals surface area contributed by atoms with Gasteiger partial charge in [-0.15, -0.1) is 0 Å². The summed E-state index contributed by atoms with van der Waals surface area (Å²) in [7, 11) is 0. The molecule has 2 amide bonds. The van der Waals surface area contributed by atoms with Crippen LogP contribution in [0, 0.1) is 0 Å². The maximum absolute atomic E-state index is 12.3. The van der Waals surface area contributed by atoms with Crippen LogP contribution in [0.15, 0.2) is 10.6 Å². The van der Waals surface area contributed by atoms with E-state index in [1.54, 1.807) is 13.0 Å². The summed E-state index contributed by atoms with van der Waals surface area (Å²) >= 11 is 0. The summed E-state index contributed by atoms with van der Waals surface area (Å²) in [6, 6.07) is 1.63. The first-order valence-electron chi connectivity index (χ1n) is 6.53. The lowest BCUT2D eigenvalue weighted by atomic mass is 10.0. The molecule has 1 aliphatic rings. The Hall–Kier alpha value is -1.89. The van der Waals surface area contributed by atoms with Gasteiger partial charge in [-0.25, -0.2) is 0 Å². The van der Waals surface area contributed by atoms with Crippen LogP contribution in [-0.2, 0) is 9.53 Å². The Bertz CT molecular complexity index is 525. The van der Waals surface area contributed by atoms with Crippen molar-refractivity contribution < 1.29 is 18.8 Å². The van der Waals surface area contributed by atoms with E-state index in [1.807, 2.05) is 13.8 Å². The van der Waals surface area contributed by atoms with Gasteiger partial charge >= 0.3 is 0 Å². The monoisotopic (exact) mass is 281 g/mol. The van der Waals surface area contributed by atoms with Crippen LogP contribution in [0.1, 0.15) is 42.9 Å². The number of ether oxygens (including phenoxy) is 1. The quantitative estimate of drug-likeness (QED) is 0.870. The molecule has 1 atom stereocenters. The maximum Gasteiger partial charge on any atom is 0.292 e. The second kappa shape index (κ2) is 5.24. The Morgan fingerprint density at radius 3 is 2.75 bits per heavy atom. The molecular formula is C13H19N3O4. The molecule has 7 nitrogen and oxygen atoms in total. The normalized spacial score (nSPS) is 23.1. The van der Waals surface area contributed by atoms with Crippen LogP contribution < -0.4 is 5.73 Å². The molecule has 1 aromatic heterocycles. The van der Waals surface area contributed by atoms with Crippen molar-refractivity contribution in [3.05, 3.63) is 17.5 Å². The molecule has 7 heteroatoms. The molecule has 0 saturated carbocycles. The molecule has 0 radical (unpaired) electrons. The van der Waals surface area contributed by atoms with Crippen molar-refractivity contribution in [3.63, 3.8) is 0 Å². The van der Waals surface area contributed by atoms with Crippen LogP contribution in [0.25, 0.3) is 0 Å².